The molecule has 82 valence electrons. The van der Waals surface area contributed by atoms with E-state index in [4.69, 9.17) is 11.6 Å². The molecule has 2 unspecified atom stereocenters. The summed E-state index contributed by atoms with van der Waals surface area (Å²) in [4.78, 5) is 4.31. The molecular formula is C12H17ClN2. The van der Waals surface area contributed by atoms with Gasteiger partial charge in [0.25, 0.3) is 0 Å². The molecule has 0 aromatic carbocycles. The Labute approximate surface area is 96.1 Å². The van der Waals surface area contributed by atoms with Crippen LogP contribution in [0.5, 0.6) is 0 Å². The highest BCUT2D eigenvalue weighted by atomic mass is 35.5. The van der Waals surface area contributed by atoms with Crippen LogP contribution in [0.4, 0.5) is 5.82 Å². The lowest BCUT2D eigenvalue weighted by Crippen LogP contribution is -2.13. The predicted molar refractivity (Wildman–Crippen MR) is 64.4 cm³/mol. The minimum Gasteiger partial charge on any atom is -0.370 e. The third-order valence-electron chi connectivity index (χ3n) is 3.04. The smallest absolute Gasteiger partial charge is 0.128 e. The number of rotatable bonds is 3. The van der Waals surface area contributed by atoms with Crippen molar-refractivity contribution in [3.05, 3.63) is 23.9 Å². The number of anilines is 1. The van der Waals surface area contributed by atoms with Gasteiger partial charge in [-0.05, 0) is 43.7 Å². The molecule has 1 saturated carbocycles. The van der Waals surface area contributed by atoms with Crippen LogP contribution in [-0.4, -0.2) is 16.9 Å². The Morgan fingerprint density at radius 3 is 3.07 bits per heavy atom. The zero-order chi connectivity index (χ0) is 10.7. The molecule has 1 aromatic rings. The Balaban J connectivity index is 1.86. The van der Waals surface area contributed by atoms with Gasteiger partial charge in [0.2, 0.25) is 0 Å². The largest absolute Gasteiger partial charge is 0.370 e. The number of hydrogen-bond acceptors (Lipinski definition) is 2. The monoisotopic (exact) mass is 224 g/mol. The second-order valence-electron chi connectivity index (χ2n) is 4.33. The molecule has 1 aliphatic rings. The van der Waals surface area contributed by atoms with Crippen LogP contribution in [0.25, 0.3) is 0 Å². The summed E-state index contributed by atoms with van der Waals surface area (Å²) in [6, 6.07) is 4.04. The molecule has 0 bridgehead atoms. The fraction of sp³-hybridized carbons (Fsp3) is 0.583. The van der Waals surface area contributed by atoms with Gasteiger partial charge in [-0.25, -0.2) is 4.98 Å². The number of hydrogen-bond donors (Lipinski definition) is 1. The minimum atomic E-state index is 0.390. The van der Waals surface area contributed by atoms with Crippen LogP contribution in [0.15, 0.2) is 18.3 Å². The molecule has 1 heterocycles. The zero-order valence-corrected chi connectivity index (χ0v) is 9.80. The highest BCUT2D eigenvalue weighted by Gasteiger charge is 2.22. The Morgan fingerprint density at radius 2 is 2.40 bits per heavy atom. The molecule has 0 spiro atoms. The first-order chi connectivity index (χ1) is 7.25. The highest BCUT2D eigenvalue weighted by Crippen LogP contribution is 2.29. The predicted octanol–water partition coefficient (Wildman–Crippen LogP) is 3.21. The summed E-state index contributed by atoms with van der Waals surface area (Å²) in [7, 11) is 0. The van der Waals surface area contributed by atoms with Gasteiger partial charge < -0.3 is 5.32 Å². The maximum atomic E-state index is 6.08. The van der Waals surface area contributed by atoms with E-state index < -0.39 is 0 Å². The van der Waals surface area contributed by atoms with Crippen molar-refractivity contribution in [2.45, 2.75) is 31.6 Å². The number of alkyl halides is 1. The molecule has 0 aliphatic heterocycles. The van der Waals surface area contributed by atoms with E-state index >= 15 is 0 Å². The zero-order valence-electron chi connectivity index (χ0n) is 9.04. The van der Waals surface area contributed by atoms with Gasteiger partial charge in [0.15, 0.2) is 0 Å². The molecule has 2 atom stereocenters. The van der Waals surface area contributed by atoms with E-state index in [1.807, 2.05) is 12.3 Å². The molecular weight excluding hydrogens is 208 g/mol. The second-order valence-corrected chi connectivity index (χ2v) is 4.94. The molecule has 1 N–H and O–H groups in total. The van der Waals surface area contributed by atoms with E-state index in [1.54, 1.807) is 0 Å². The van der Waals surface area contributed by atoms with Crippen molar-refractivity contribution in [3.63, 3.8) is 0 Å². The topological polar surface area (TPSA) is 24.9 Å². The van der Waals surface area contributed by atoms with Gasteiger partial charge >= 0.3 is 0 Å². The molecule has 2 nitrogen and oxygen atoms in total. The lowest BCUT2D eigenvalue weighted by molar-refractivity contribution is 0.579. The SMILES string of the molecule is Cc1cccnc1NCC1CCC(Cl)C1. The summed E-state index contributed by atoms with van der Waals surface area (Å²) in [5.74, 6) is 1.73. The third kappa shape index (κ3) is 2.85. The Kier molecular flexibility index (Phi) is 3.47. The average molecular weight is 225 g/mol. The molecule has 3 heteroatoms. The lowest BCUT2D eigenvalue weighted by Gasteiger charge is -2.12. The molecule has 1 fully saturated rings. The van der Waals surface area contributed by atoms with Gasteiger partial charge in [-0.1, -0.05) is 6.07 Å². The number of nitrogens with one attached hydrogen (secondary N) is 1. The summed E-state index contributed by atoms with van der Waals surface area (Å²) in [5.41, 5.74) is 1.21. The van der Waals surface area contributed by atoms with Crippen LogP contribution >= 0.6 is 11.6 Å². The van der Waals surface area contributed by atoms with E-state index in [9.17, 15) is 0 Å². The molecule has 0 amide bonds. The van der Waals surface area contributed by atoms with Gasteiger partial charge in [0, 0.05) is 18.1 Å². The van der Waals surface area contributed by atoms with Crippen molar-refractivity contribution >= 4 is 17.4 Å². The van der Waals surface area contributed by atoms with Gasteiger partial charge in [-0.3, -0.25) is 0 Å². The van der Waals surface area contributed by atoms with Crippen LogP contribution in [0, 0.1) is 12.8 Å². The van der Waals surface area contributed by atoms with Crippen LogP contribution < -0.4 is 5.32 Å². The fourth-order valence-corrected chi connectivity index (χ4v) is 2.49. The first-order valence-electron chi connectivity index (χ1n) is 5.55. The average Bonchev–Trinajstić information content (AvgIpc) is 2.63. The van der Waals surface area contributed by atoms with Crippen molar-refractivity contribution < 1.29 is 0 Å². The van der Waals surface area contributed by atoms with E-state index in [0.717, 1.165) is 25.2 Å². The van der Waals surface area contributed by atoms with E-state index in [2.05, 4.69) is 23.3 Å². The third-order valence-corrected chi connectivity index (χ3v) is 3.44. The maximum absolute atomic E-state index is 6.08. The maximum Gasteiger partial charge on any atom is 0.128 e. The number of pyridine rings is 1. The van der Waals surface area contributed by atoms with Crippen LogP contribution in [0.1, 0.15) is 24.8 Å². The van der Waals surface area contributed by atoms with E-state index in [0.29, 0.717) is 11.3 Å². The first kappa shape index (κ1) is 10.7. The molecule has 1 aromatic heterocycles. The number of aryl methyl sites for hydroxylation is 1. The van der Waals surface area contributed by atoms with Gasteiger partial charge in [-0.15, -0.1) is 11.6 Å². The summed E-state index contributed by atoms with van der Waals surface area (Å²) in [5, 5.41) is 3.80. The summed E-state index contributed by atoms with van der Waals surface area (Å²) < 4.78 is 0. The van der Waals surface area contributed by atoms with E-state index in [1.165, 1.54) is 12.0 Å². The van der Waals surface area contributed by atoms with Crippen molar-refractivity contribution in [3.8, 4) is 0 Å². The van der Waals surface area contributed by atoms with Gasteiger partial charge in [-0.2, -0.15) is 0 Å². The fourth-order valence-electron chi connectivity index (χ4n) is 2.11. The van der Waals surface area contributed by atoms with Crippen molar-refractivity contribution in [1.82, 2.24) is 4.98 Å². The lowest BCUT2D eigenvalue weighted by atomic mass is 10.1. The molecule has 0 saturated heterocycles. The second kappa shape index (κ2) is 4.84. The van der Waals surface area contributed by atoms with Gasteiger partial charge in [0.05, 0.1) is 0 Å². The first-order valence-corrected chi connectivity index (χ1v) is 5.99. The number of halogens is 1. The molecule has 15 heavy (non-hydrogen) atoms. The van der Waals surface area contributed by atoms with Crippen LogP contribution in [0.3, 0.4) is 0 Å². The number of aromatic nitrogens is 1. The van der Waals surface area contributed by atoms with E-state index in [-0.39, 0.29) is 0 Å². The van der Waals surface area contributed by atoms with Crippen LogP contribution in [0.2, 0.25) is 0 Å². The summed E-state index contributed by atoms with van der Waals surface area (Å²) in [6.07, 6.45) is 5.37. The van der Waals surface area contributed by atoms with Gasteiger partial charge in [0.1, 0.15) is 5.82 Å². The Bertz CT molecular complexity index is 327. The standard InChI is InChI=1S/C12H17ClN2/c1-9-3-2-6-14-12(9)15-8-10-4-5-11(13)7-10/h2-3,6,10-11H,4-5,7-8H2,1H3,(H,14,15). The highest BCUT2D eigenvalue weighted by molar-refractivity contribution is 6.20. The minimum absolute atomic E-state index is 0.390. The Hall–Kier alpha value is -0.760. The van der Waals surface area contributed by atoms with Crippen molar-refractivity contribution in [2.24, 2.45) is 5.92 Å². The van der Waals surface area contributed by atoms with Crippen LogP contribution in [-0.2, 0) is 0 Å². The normalized spacial score (nSPS) is 25.5. The van der Waals surface area contributed by atoms with Crippen molar-refractivity contribution in [2.75, 3.05) is 11.9 Å². The Morgan fingerprint density at radius 1 is 1.53 bits per heavy atom. The summed E-state index contributed by atoms with van der Waals surface area (Å²) in [6.45, 7) is 3.08. The molecule has 2 rings (SSSR count). The number of nitrogens with zero attached hydrogens (tertiary/aromatic N) is 1. The quantitative estimate of drug-likeness (QED) is 0.798. The molecule has 1 aliphatic carbocycles. The summed E-state index contributed by atoms with van der Waals surface area (Å²) >= 11 is 6.08. The molecule has 0 radical (unpaired) electrons. The van der Waals surface area contributed by atoms with Crippen molar-refractivity contribution in [1.29, 1.82) is 0 Å².